The first-order chi connectivity index (χ1) is 9.90. The molecule has 1 aromatic rings. The summed E-state index contributed by atoms with van der Waals surface area (Å²) >= 11 is 0. The molecule has 0 aromatic heterocycles. The predicted octanol–water partition coefficient (Wildman–Crippen LogP) is 1.37. The Bertz CT molecular complexity index is 546. The van der Waals surface area contributed by atoms with Gasteiger partial charge in [-0.2, -0.15) is 0 Å². The van der Waals surface area contributed by atoms with Crippen molar-refractivity contribution < 1.29 is 9.59 Å². The summed E-state index contributed by atoms with van der Waals surface area (Å²) < 4.78 is 0. The Labute approximate surface area is 126 Å². The second kappa shape index (κ2) is 6.16. The molecule has 2 rings (SSSR count). The van der Waals surface area contributed by atoms with E-state index in [4.69, 9.17) is 0 Å². The fourth-order valence-corrected chi connectivity index (χ4v) is 2.70. The van der Waals surface area contributed by atoms with Crippen LogP contribution in [0.4, 0.5) is 5.69 Å². The molecule has 5 nitrogen and oxygen atoms in total. The predicted molar refractivity (Wildman–Crippen MR) is 83.7 cm³/mol. The van der Waals surface area contributed by atoms with Crippen molar-refractivity contribution in [3.8, 4) is 0 Å². The van der Waals surface area contributed by atoms with E-state index in [1.165, 1.54) is 0 Å². The number of anilines is 1. The average Bonchev–Trinajstić information content (AvgIpc) is 2.46. The highest BCUT2D eigenvalue weighted by molar-refractivity contribution is 5.95. The van der Waals surface area contributed by atoms with Crippen molar-refractivity contribution in [3.63, 3.8) is 0 Å². The van der Waals surface area contributed by atoms with Gasteiger partial charge in [0, 0.05) is 58.4 Å². The smallest absolute Gasteiger partial charge is 0.253 e. The van der Waals surface area contributed by atoms with Gasteiger partial charge >= 0.3 is 0 Å². The summed E-state index contributed by atoms with van der Waals surface area (Å²) in [5.41, 5.74) is 2.93. The Morgan fingerprint density at radius 2 is 1.62 bits per heavy atom. The number of amides is 2. The van der Waals surface area contributed by atoms with Crippen LogP contribution in [0.3, 0.4) is 0 Å². The molecule has 1 heterocycles. The van der Waals surface area contributed by atoms with Gasteiger partial charge in [0.05, 0.1) is 0 Å². The number of carbonyl (C=O) groups excluding carboxylic acids is 2. The molecule has 0 N–H and O–H groups in total. The van der Waals surface area contributed by atoms with Crippen LogP contribution in [-0.2, 0) is 4.79 Å². The summed E-state index contributed by atoms with van der Waals surface area (Å²) in [6, 6.07) is 5.80. The maximum absolute atomic E-state index is 12.5. The van der Waals surface area contributed by atoms with Gasteiger partial charge in [-0.15, -0.1) is 0 Å². The SMILES string of the molecule is CC(=O)N1CCN(C(=O)c2ccc(N(C)C)c(C)c2)CC1. The largest absolute Gasteiger partial charge is 0.377 e. The van der Waals surface area contributed by atoms with Crippen LogP contribution in [0.15, 0.2) is 18.2 Å². The molecule has 0 atom stereocenters. The summed E-state index contributed by atoms with van der Waals surface area (Å²) in [5.74, 6) is 0.125. The maximum Gasteiger partial charge on any atom is 0.253 e. The third-order valence-corrected chi connectivity index (χ3v) is 3.94. The summed E-state index contributed by atoms with van der Waals surface area (Å²) in [4.78, 5) is 29.5. The molecule has 1 aliphatic heterocycles. The molecule has 0 bridgehead atoms. The first-order valence-corrected chi connectivity index (χ1v) is 7.23. The van der Waals surface area contributed by atoms with Gasteiger partial charge in [-0.3, -0.25) is 9.59 Å². The fraction of sp³-hybridized carbons (Fsp3) is 0.500. The Kier molecular flexibility index (Phi) is 4.50. The van der Waals surface area contributed by atoms with Crippen molar-refractivity contribution >= 4 is 17.5 Å². The third-order valence-electron chi connectivity index (χ3n) is 3.94. The minimum Gasteiger partial charge on any atom is -0.377 e. The molecule has 0 aliphatic carbocycles. The van der Waals surface area contributed by atoms with E-state index in [0.717, 1.165) is 16.8 Å². The van der Waals surface area contributed by atoms with Crippen molar-refractivity contribution in [1.29, 1.82) is 0 Å². The number of aryl methyl sites for hydroxylation is 1. The number of hydrogen-bond donors (Lipinski definition) is 0. The normalized spacial score (nSPS) is 15.0. The molecular weight excluding hydrogens is 266 g/mol. The summed E-state index contributed by atoms with van der Waals surface area (Å²) in [6.07, 6.45) is 0. The number of nitrogens with zero attached hydrogens (tertiary/aromatic N) is 3. The first kappa shape index (κ1) is 15.4. The second-order valence-electron chi connectivity index (χ2n) is 5.69. The number of hydrogen-bond acceptors (Lipinski definition) is 3. The van der Waals surface area contributed by atoms with Crippen molar-refractivity contribution in [2.75, 3.05) is 45.2 Å². The van der Waals surface area contributed by atoms with Gasteiger partial charge in [0.1, 0.15) is 0 Å². The highest BCUT2D eigenvalue weighted by Gasteiger charge is 2.23. The molecule has 5 heteroatoms. The van der Waals surface area contributed by atoms with E-state index in [1.54, 1.807) is 11.8 Å². The van der Waals surface area contributed by atoms with E-state index in [2.05, 4.69) is 0 Å². The molecule has 0 radical (unpaired) electrons. The zero-order valence-electron chi connectivity index (χ0n) is 13.2. The van der Waals surface area contributed by atoms with Crippen LogP contribution in [-0.4, -0.2) is 61.9 Å². The lowest BCUT2D eigenvalue weighted by atomic mass is 10.1. The molecule has 1 aromatic carbocycles. The average molecular weight is 289 g/mol. The van der Waals surface area contributed by atoms with Gasteiger partial charge in [-0.05, 0) is 30.7 Å². The molecular formula is C16H23N3O2. The van der Waals surface area contributed by atoms with Crippen LogP contribution in [0.1, 0.15) is 22.8 Å². The maximum atomic E-state index is 12.5. The first-order valence-electron chi connectivity index (χ1n) is 7.23. The van der Waals surface area contributed by atoms with Gasteiger partial charge in [0.15, 0.2) is 0 Å². The van der Waals surface area contributed by atoms with E-state index in [-0.39, 0.29) is 11.8 Å². The Morgan fingerprint density at radius 3 is 2.10 bits per heavy atom. The molecule has 114 valence electrons. The number of benzene rings is 1. The highest BCUT2D eigenvalue weighted by atomic mass is 16.2. The van der Waals surface area contributed by atoms with Crippen molar-refractivity contribution in [1.82, 2.24) is 9.80 Å². The Balaban J connectivity index is 2.07. The van der Waals surface area contributed by atoms with Gasteiger partial charge < -0.3 is 14.7 Å². The van der Waals surface area contributed by atoms with E-state index >= 15 is 0 Å². The molecule has 0 spiro atoms. The number of piperazine rings is 1. The monoisotopic (exact) mass is 289 g/mol. The van der Waals surface area contributed by atoms with Crippen molar-refractivity contribution in [2.24, 2.45) is 0 Å². The minimum atomic E-state index is 0.0478. The molecule has 0 unspecified atom stereocenters. The standard InChI is InChI=1S/C16H23N3O2/c1-12-11-14(5-6-15(12)17(3)4)16(21)19-9-7-18(8-10-19)13(2)20/h5-6,11H,7-10H2,1-4H3. The topological polar surface area (TPSA) is 43.9 Å². The van der Waals surface area contributed by atoms with E-state index in [1.807, 2.05) is 49.0 Å². The molecule has 0 saturated carbocycles. The lowest BCUT2D eigenvalue weighted by Crippen LogP contribution is -2.50. The molecule has 1 saturated heterocycles. The van der Waals surface area contributed by atoms with Crippen LogP contribution in [0.5, 0.6) is 0 Å². The number of carbonyl (C=O) groups is 2. The molecule has 1 fully saturated rings. The van der Waals surface area contributed by atoms with Crippen LogP contribution in [0, 0.1) is 6.92 Å². The van der Waals surface area contributed by atoms with E-state index in [0.29, 0.717) is 26.2 Å². The Hall–Kier alpha value is -2.04. The van der Waals surface area contributed by atoms with Gasteiger partial charge in [-0.25, -0.2) is 0 Å². The van der Waals surface area contributed by atoms with Crippen LogP contribution < -0.4 is 4.90 Å². The van der Waals surface area contributed by atoms with E-state index < -0.39 is 0 Å². The Morgan fingerprint density at radius 1 is 1.05 bits per heavy atom. The third kappa shape index (κ3) is 3.35. The van der Waals surface area contributed by atoms with Gasteiger partial charge in [0.25, 0.3) is 5.91 Å². The zero-order valence-corrected chi connectivity index (χ0v) is 13.2. The summed E-state index contributed by atoms with van der Waals surface area (Å²) in [6.45, 7) is 6.03. The lowest BCUT2D eigenvalue weighted by molar-refractivity contribution is -0.130. The molecule has 1 aliphatic rings. The summed E-state index contributed by atoms with van der Waals surface area (Å²) in [5, 5.41) is 0. The van der Waals surface area contributed by atoms with Crippen LogP contribution >= 0.6 is 0 Å². The highest BCUT2D eigenvalue weighted by Crippen LogP contribution is 2.20. The van der Waals surface area contributed by atoms with Crippen molar-refractivity contribution in [3.05, 3.63) is 29.3 Å². The fourth-order valence-electron chi connectivity index (χ4n) is 2.70. The minimum absolute atomic E-state index is 0.0478. The quantitative estimate of drug-likeness (QED) is 0.826. The second-order valence-corrected chi connectivity index (χ2v) is 5.69. The summed E-state index contributed by atoms with van der Waals surface area (Å²) in [7, 11) is 3.98. The van der Waals surface area contributed by atoms with Crippen molar-refractivity contribution in [2.45, 2.75) is 13.8 Å². The van der Waals surface area contributed by atoms with Gasteiger partial charge in [0.2, 0.25) is 5.91 Å². The van der Waals surface area contributed by atoms with Crippen LogP contribution in [0.2, 0.25) is 0 Å². The zero-order chi connectivity index (χ0) is 15.6. The van der Waals surface area contributed by atoms with Gasteiger partial charge in [-0.1, -0.05) is 0 Å². The lowest BCUT2D eigenvalue weighted by Gasteiger charge is -2.34. The number of rotatable bonds is 2. The van der Waals surface area contributed by atoms with E-state index in [9.17, 15) is 9.59 Å². The van der Waals surface area contributed by atoms with Crippen LogP contribution in [0.25, 0.3) is 0 Å². The molecule has 21 heavy (non-hydrogen) atoms. The molecule has 2 amide bonds.